The van der Waals surface area contributed by atoms with Crippen LogP contribution in [0.2, 0.25) is 0 Å². The van der Waals surface area contributed by atoms with Crippen LogP contribution in [-0.4, -0.2) is 39.0 Å². The first-order chi connectivity index (χ1) is 11.0. The van der Waals surface area contributed by atoms with E-state index in [1.54, 1.807) is 12.1 Å². The Kier molecular flexibility index (Phi) is 5.36. The lowest BCUT2D eigenvalue weighted by Crippen LogP contribution is -2.50. The Labute approximate surface area is 139 Å². The zero-order valence-electron chi connectivity index (χ0n) is 13.6. The van der Waals surface area contributed by atoms with Gasteiger partial charge in [0.05, 0.1) is 4.90 Å². The van der Waals surface area contributed by atoms with Gasteiger partial charge in [0.2, 0.25) is 10.0 Å². The second-order valence-electron chi connectivity index (χ2n) is 6.82. The molecular formula is C17H27N3O2S. The second kappa shape index (κ2) is 7.30. The Morgan fingerprint density at radius 1 is 1.09 bits per heavy atom. The van der Waals surface area contributed by atoms with Crippen molar-refractivity contribution in [3.63, 3.8) is 0 Å². The summed E-state index contributed by atoms with van der Waals surface area (Å²) in [4.78, 5) is 2.85. The van der Waals surface area contributed by atoms with Gasteiger partial charge in [-0.25, -0.2) is 13.6 Å². The molecule has 2 aliphatic rings. The van der Waals surface area contributed by atoms with E-state index in [0.29, 0.717) is 0 Å². The fraction of sp³-hybridized carbons (Fsp3) is 0.647. The third-order valence-electron chi connectivity index (χ3n) is 5.22. The molecule has 0 bridgehead atoms. The molecule has 2 heterocycles. The quantitative estimate of drug-likeness (QED) is 0.857. The summed E-state index contributed by atoms with van der Waals surface area (Å²) in [5.41, 5.74) is 1.09. The molecule has 2 atom stereocenters. The van der Waals surface area contributed by atoms with E-state index in [1.165, 1.54) is 45.2 Å². The molecule has 0 saturated carbocycles. The maximum absolute atomic E-state index is 11.3. The van der Waals surface area contributed by atoms with Crippen molar-refractivity contribution in [2.45, 2.75) is 49.6 Å². The van der Waals surface area contributed by atoms with Crippen molar-refractivity contribution in [1.82, 2.24) is 10.2 Å². The number of primary sulfonamides is 1. The fourth-order valence-electron chi connectivity index (χ4n) is 4.01. The summed E-state index contributed by atoms with van der Waals surface area (Å²) < 4.78 is 22.5. The minimum absolute atomic E-state index is 0.173. The van der Waals surface area contributed by atoms with E-state index in [-0.39, 0.29) is 4.90 Å². The number of fused-ring (bicyclic) bond motifs is 1. The average molecular weight is 337 g/mol. The monoisotopic (exact) mass is 337 g/mol. The van der Waals surface area contributed by atoms with Crippen LogP contribution in [0.5, 0.6) is 0 Å². The highest BCUT2D eigenvalue weighted by Crippen LogP contribution is 2.30. The van der Waals surface area contributed by atoms with Gasteiger partial charge < -0.3 is 10.2 Å². The highest BCUT2D eigenvalue weighted by Gasteiger charge is 2.32. The number of hydrogen-bond donors (Lipinski definition) is 2. The first-order valence-corrected chi connectivity index (χ1v) is 10.2. The van der Waals surface area contributed by atoms with Gasteiger partial charge in [0, 0.05) is 12.6 Å². The van der Waals surface area contributed by atoms with Gasteiger partial charge in [0.1, 0.15) is 0 Å². The van der Waals surface area contributed by atoms with Gasteiger partial charge in [-0.3, -0.25) is 0 Å². The molecule has 1 aromatic rings. The van der Waals surface area contributed by atoms with Crippen LogP contribution in [0.15, 0.2) is 29.2 Å². The molecule has 6 heteroatoms. The topological polar surface area (TPSA) is 75.4 Å². The molecule has 3 N–H and O–H groups in total. The molecular weight excluding hydrogens is 310 g/mol. The summed E-state index contributed by atoms with van der Waals surface area (Å²) in [5.74, 6) is 0.743. The lowest BCUT2D eigenvalue weighted by atomic mass is 9.83. The molecule has 5 nitrogen and oxygen atoms in total. The van der Waals surface area contributed by atoms with Crippen molar-refractivity contribution in [3.8, 4) is 0 Å². The predicted molar refractivity (Wildman–Crippen MR) is 91.5 cm³/mol. The Morgan fingerprint density at radius 3 is 2.57 bits per heavy atom. The predicted octanol–water partition coefficient (Wildman–Crippen LogP) is 1.69. The van der Waals surface area contributed by atoms with Crippen LogP contribution in [0.25, 0.3) is 0 Å². The van der Waals surface area contributed by atoms with Crippen molar-refractivity contribution >= 4 is 10.0 Å². The number of sulfonamides is 1. The molecule has 0 radical (unpaired) electrons. The molecule has 0 spiro atoms. The minimum atomic E-state index is -3.60. The molecule has 128 valence electrons. The standard InChI is InChI=1S/C17H27N3O2S/c18-23(21,22)16-8-6-14(7-9-16)12-19-13-15-4-3-11-20-10-2-1-5-17(15)20/h6-9,15,17,19H,1-5,10-13H2,(H2,18,21,22)/t15-,17+/m0/s1. The molecule has 0 amide bonds. The van der Waals surface area contributed by atoms with Gasteiger partial charge in [0.15, 0.2) is 0 Å². The highest BCUT2D eigenvalue weighted by atomic mass is 32.2. The number of nitrogens with two attached hydrogens (primary N) is 1. The lowest BCUT2D eigenvalue weighted by Gasteiger charge is -2.44. The molecule has 2 aliphatic heterocycles. The molecule has 0 unspecified atom stereocenters. The third kappa shape index (κ3) is 4.32. The summed E-state index contributed by atoms with van der Waals surface area (Å²) in [6.07, 6.45) is 6.69. The van der Waals surface area contributed by atoms with E-state index >= 15 is 0 Å². The van der Waals surface area contributed by atoms with Gasteiger partial charge in [0.25, 0.3) is 0 Å². The maximum Gasteiger partial charge on any atom is 0.238 e. The smallest absolute Gasteiger partial charge is 0.238 e. The second-order valence-corrected chi connectivity index (χ2v) is 8.38. The number of piperidine rings is 2. The summed E-state index contributed by atoms with van der Waals surface area (Å²) in [6.45, 7) is 4.36. The molecule has 2 fully saturated rings. The summed E-state index contributed by atoms with van der Waals surface area (Å²) in [7, 11) is -3.60. The van der Waals surface area contributed by atoms with Crippen LogP contribution >= 0.6 is 0 Å². The third-order valence-corrected chi connectivity index (χ3v) is 6.15. The number of hydrogen-bond acceptors (Lipinski definition) is 4. The van der Waals surface area contributed by atoms with E-state index in [4.69, 9.17) is 5.14 Å². The Bertz CT molecular complexity index is 613. The number of rotatable bonds is 5. The van der Waals surface area contributed by atoms with E-state index in [1.807, 2.05) is 12.1 Å². The van der Waals surface area contributed by atoms with Crippen LogP contribution in [0.4, 0.5) is 0 Å². The summed E-state index contributed by atoms with van der Waals surface area (Å²) in [5, 5.41) is 8.67. The van der Waals surface area contributed by atoms with Crippen molar-refractivity contribution in [2.75, 3.05) is 19.6 Å². The Morgan fingerprint density at radius 2 is 1.83 bits per heavy atom. The molecule has 0 aromatic heterocycles. The summed E-state index contributed by atoms with van der Waals surface area (Å²) >= 11 is 0. The maximum atomic E-state index is 11.3. The lowest BCUT2D eigenvalue weighted by molar-refractivity contribution is 0.0593. The Hall–Kier alpha value is -0.950. The minimum Gasteiger partial charge on any atom is -0.312 e. The zero-order chi connectivity index (χ0) is 16.3. The van der Waals surface area contributed by atoms with Crippen LogP contribution < -0.4 is 10.5 Å². The van der Waals surface area contributed by atoms with Crippen molar-refractivity contribution in [1.29, 1.82) is 0 Å². The van der Waals surface area contributed by atoms with E-state index in [9.17, 15) is 8.42 Å². The number of benzene rings is 1. The van der Waals surface area contributed by atoms with Crippen LogP contribution in [0.3, 0.4) is 0 Å². The van der Waals surface area contributed by atoms with Gasteiger partial charge in [-0.05, 0) is 68.9 Å². The van der Waals surface area contributed by atoms with Gasteiger partial charge in [-0.1, -0.05) is 18.6 Å². The normalized spacial score (nSPS) is 26.0. The fourth-order valence-corrected chi connectivity index (χ4v) is 4.53. The summed E-state index contributed by atoms with van der Waals surface area (Å²) in [6, 6.07) is 7.59. The highest BCUT2D eigenvalue weighted by molar-refractivity contribution is 7.89. The SMILES string of the molecule is NS(=O)(=O)c1ccc(CNC[C@@H]2CCCN3CCCC[C@H]23)cc1. The molecule has 0 aliphatic carbocycles. The first kappa shape index (κ1) is 16.9. The first-order valence-electron chi connectivity index (χ1n) is 8.60. The molecule has 1 aromatic carbocycles. The van der Waals surface area contributed by atoms with Crippen molar-refractivity contribution < 1.29 is 8.42 Å². The van der Waals surface area contributed by atoms with E-state index < -0.39 is 10.0 Å². The zero-order valence-corrected chi connectivity index (χ0v) is 14.4. The van der Waals surface area contributed by atoms with Gasteiger partial charge >= 0.3 is 0 Å². The largest absolute Gasteiger partial charge is 0.312 e. The van der Waals surface area contributed by atoms with Crippen LogP contribution in [0, 0.1) is 5.92 Å². The number of nitrogens with zero attached hydrogens (tertiary/aromatic N) is 1. The van der Waals surface area contributed by atoms with Crippen molar-refractivity contribution in [2.24, 2.45) is 11.1 Å². The molecule has 23 heavy (non-hydrogen) atoms. The Balaban J connectivity index is 1.51. The van der Waals surface area contributed by atoms with Gasteiger partial charge in [-0.2, -0.15) is 0 Å². The molecule has 2 saturated heterocycles. The van der Waals surface area contributed by atoms with E-state index in [2.05, 4.69) is 10.2 Å². The van der Waals surface area contributed by atoms with Crippen LogP contribution in [-0.2, 0) is 16.6 Å². The van der Waals surface area contributed by atoms with Crippen LogP contribution in [0.1, 0.15) is 37.7 Å². The van der Waals surface area contributed by atoms with Gasteiger partial charge in [-0.15, -0.1) is 0 Å². The molecule has 3 rings (SSSR count). The average Bonchev–Trinajstić information content (AvgIpc) is 2.55. The number of nitrogens with one attached hydrogen (secondary N) is 1. The van der Waals surface area contributed by atoms with E-state index in [0.717, 1.165) is 30.6 Å². The van der Waals surface area contributed by atoms with Crippen molar-refractivity contribution in [3.05, 3.63) is 29.8 Å².